The summed E-state index contributed by atoms with van der Waals surface area (Å²) in [5.41, 5.74) is 4.10. The number of hydrogen-bond donors (Lipinski definition) is 0. The van der Waals surface area contributed by atoms with Gasteiger partial charge in [-0.2, -0.15) is 0 Å². The smallest absolute Gasteiger partial charge is 0.0849 e. The average molecular weight is 379 g/mol. The van der Waals surface area contributed by atoms with Gasteiger partial charge < -0.3 is 0 Å². The van der Waals surface area contributed by atoms with Crippen LogP contribution in [0.2, 0.25) is 10.0 Å². The summed E-state index contributed by atoms with van der Waals surface area (Å²) in [6.45, 7) is 3.98. The molecule has 19 heavy (non-hydrogen) atoms. The van der Waals surface area contributed by atoms with Gasteiger partial charge in [0.05, 0.1) is 5.38 Å². The highest BCUT2D eigenvalue weighted by Crippen LogP contribution is 2.38. The van der Waals surface area contributed by atoms with Gasteiger partial charge in [-0.05, 0) is 60.4 Å². The van der Waals surface area contributed by atoms with Crippen molar-refractivity contribution in [1.82, 2.24) is 0 Å². The van der Waals surface area contributed by atoms with E-state index in [4.69, 9.17) is 34.8 Å². The second-order valence-corrected chi connectivity index (χ2v) is 6.62. The van der Waals surface area contributed by atoms with E-state index >= 15 is 0 Å². The molecule has 0 fully saturated rings. The van der Waals surface area contributed by atoms with E-state index < -0.39 is 0 Å². The normalized spacial score (nSPS) is 12.5. The van der Waals surface area contributed by atoms with Gasteiger partial charge in [0.2, 0.25) is 0 Å². The molecule has 0 bridgehead atoms. The summed E-state index contributed by atoms with van der Waals surface area (Å²) in [4.78, 5) is 0. The zero-order valence-corrected chi connectivity index (χ0v) is 14.3. The molecule has 0 heterocycles. The Balaban J connectivity index is 2.52. The first-order valence-corrected chi connectivity index (χ1v) is 7.74. The molecular weight excluding hydrogens is 366 g/mol. The predicted molar refractivity (Wildman–Crippen MR) is 87.8 cm³/mol. The lowest BCUT2D eigenvalue weighted by molar-refractivity contribution is 1.09. The van der Waals surface area contributed by atoms with Gasteiger partial charge in [0, 0.05) is 14.5 Å². The van der Waals surface area contributed by atoms with Gasteiger partial charge >= 0.3 is 0 Å². The maximum absolute atomic E-state index is 6.61. The van der Waals surface area contributed by atoms with Crippen molar-refractivity contribution in [2.75, 3.05) is 0 Å². The maximum atomic E-state index is 6.61. The monoisotopic (exact) mass is 376 g/mol. The molecule has 0 amide bonds. The van der Waals surface area contributed by atoms with Gasteiger partial charge in [-0.3, -0.25) is 0 Å². The summed E-state index contributed by atoms with van der Waals surface area (Å²) in [6, 6.07) is 9.60. The minimum absolute atomic E-state index is 0.260. The second-order valence-electron chi connectivity index (χ2n) is 4.49. The summed E-state index contributed by atoms with van der Waals surface area (Å²) in [5.74, 6) is 0. The van der Waals surface area contributed by atoms with E-state index in [9.17, 15) is 0 Å². The topological polar surface area (TPSA) is 0 Å². The molecule has 0 aliphatic carbocycles. The van der Waals surface area contributed by atoms with Crippen molar-refractivity contribution in [3.8, 4) is 0 Å². The SMILES string of the molecule is Cc1cc(C(Cl)c2cc(Cl)ccc2Br)c(C)cc1Cl. The third kappa shape index (κ3) is 3.28. The van der Waals surface area contributed by atoms with Crippen molar-refractivity contribution in [1.29, 1.82) is 0 Å². The molecule has 100 valence electrons. The molecule has 0 aromatic heterocycles. The largest absolute Gasteiger partial charge is 0.113 e. The van der Waals surface area contributed by atoms with Crippen LogP contribution in [0.25, 0.3) is 0 Å². The van der Waals surface area contributed by atoms with E-state index in [0.717, 1.165) is 31.7 Å². The molecule has 0 saturated heterocycles. The Bertz CT molecular complexity index is 623. The van der Waals surface area contributed by atoms with E-state index in [2.05, 4.69) is 15.9 Å². The third-order valence-corrected chi connectivity index (χ3v) is 4.89. The van der Waals surface area contributed by atoms with Gasteiger partial charge in [0.1, 0.15) is 0 Å². The van der Waals surface area contributed by atoms with E-state index in [1.807, 2.05) is 44.2 Å². The molecule has 0 saturated carbocycles. The van der Waals surface area contributed by atoms with Crippen molar-refractivity contribution < 1.29 is 0 Å². The van der Waals surface area contributed by atoms with Crippen molar-refractivity contribution in [2.45, 2.75) is 19.2 Å². The molecule has 0 radical (unpaired) electrons. The highest BCUT2D eigenvalue weighted by atomic mass is 79.9. The number of benzene rings is 2. The molecule has 2 rings (SSSR count). The van der Waals surface area contributed by atoms with Crippen LogP contribution < -0.4 is 0 Å². The predicted octanol–water partition coefficient (Wildman–Crippen LogP) is 6.70. The highest BCUT2D eigenvalue weighted by molar-refractivity contribution is 9.10. The fourth-order valence-corrected chi connectivity index (χ4v) is 3.37. The highest BCUT2D eigenvalue weighted by Gasteiger charge is 2.17. The summed E-state index contributed by atoms with van der Waals surface area (Å²) >= 11 is 22.3. The Kier molecular flexibility index (Phi) is 4.84. The number of rotatable bonds is 2. The molecule has 1 atom stereocenters. The van der Waals surface area contributed by atoms with Gasteiger partial charge in [-0.25, -0.2) is 0 Å². The molecule has 0 aliphatic rings. The fourth-order valence-electron chi connectivity index (χ4n) is 1.95. The van der Waals surface area contributed by atoms with E-state index in [0.29, 0.717) is 5.02 Å². The minimum Gasteiger partial charge on any atom is -0.113 e. The van der Waals surface area contributed by atoms with E-state index in [-0.39, 0.29) is 5.38 Å². The minimum atomic E-state index is -0.260. The second kappa shape index (κ2) is 6.05. The van der Waals surface area contributed by atoms with Crippen molar-refractivity contribution >= 4 is 50.7 Å². The van der Waals surface area contributed by atoms with Crippen molar-refractivity contribution in [2.24, 2.45) is 0 Å². The van der Waals surface area contributed by atoms with Crippen LogP contribution in [0.5, 0.6) is 0 Å². The van der Waals surface area contributed by atoms with Crippen LogP contribution in [-0.2, 0) is 0 Å². The average Bonchev–Trinajstić information content (AvgIpc) is 2.36. The third-order valence-electron chi connectivity index (χ3n) is 3.05. The van der Waals surface area contributed by atoms with Crippen LogP contribution >= 0.6 is 50.7 Å². The Hall–Kier alpha value is -0.210. The Morgan fingerprint density at radius 3 is 2.32 bits per heavy atom. The van der Waals surface area contributed by atoms with E-state index in [1.54, 1.807) is 0 Å². The van der Waals surface area contributed by atoms with Crippen molar-refractivity contribution in [3.05, 3.63) is 67.1 Å². The molecule has 2 aromatic rings. The molecule has 4 heteroatoms. The van der Waals surface area contributed by atoms with Crippen LogP contribution in [0.15, 0.2) is 34.8 Å². The first kappa shape index (κ1) is 15.2. The lowest BCUT2D eigenvalue weighted by atomic mass is 9.98. The van der Waals surface area contributed by atoms with Crippen LogP contribution in [0.3, 0.4) is 0 Å². The summed E-state index contributed by atoms with van der Waals surface area (Å²) < 4.78 is 0.948. The van der Waals surface area contributed by atoms with Crippen LogP contribution in [0.4, 0.5) is 0 Å². The molecule has 0 N–H and O–H groups in total. The molecule has 0 spiro atoms. The quantitative estimate of drug-likeness (QED) is 0.510. The number of aryl methyl sites for hydroxylation is 2. The molecular formula is C15H12BrCl3. The summed E-state index contributed by atoms with van der Waals surface area (Å²) in [5, 5.41) is 1.17. The van der Waals surface area contributed by atoms with Gasteiger partial charge in [-0.1, -0.05) is 45.2 Å². The summed E-state index contributed by atoms with van der Waals surface area (Å²) in [6.07, 6.45) is 0. The van der Waals surface area contributed by atoms with Crippen molar-refractivity contribution in [3.63, 3.8) is 0 Å². The van der Waals surface area contributed by atoms with Gasteiger partial charge in [0.25, 0.3) is 0 Å². The van der Waals surface area contributed by atoms with Crippen LogP contribution in [-0.4, -0.2) is 0 Å². The number of hydrogen-bond acceptors (Lipinski definition) is 0. The number of alkyl halides is 1. The Morgan fingerprint density at radius 1 is 0.947 bits per heavy atom. The first-order chi connectivity index (χ1) is 8.90. The standard InChI is InChI=1S/C15H12BrCl3/c1-8-6-14(18)9(2)5-11(8)15(19)12-7-10(17)3-4-13(12)16/h3-7,15H,1-2H3. The lowest BCUT2D eigenvalue weighted by Gasteiger charge is -2.16. The first-order valence-electron chi connectivity index (χ1n) is 5.76. The lowest BCUT2D eigenvalue weighted by Crippen LogP contribution is -1.99. The molecule has 0 aliphatic heterocycles. The Morgan fingerprint density at radius 2 is 1.63 bits per heavy atom. The maximum Gasteiger partial charge on any atom is 0.0849 e. The van der Waals surface area contributed by atoms with E-state index in [1.165, 1.54) is 0 Å². The molecule has 1 unspecified atom stereocenters. The molecule has 2 aromatic carbocycles. The fraction of sp³-hybridized carbons (Fsp3) is 0.200. The molecule has 0 nitrogen and oxygen atoms in total. The number of halogens is 4. The Labute approximate surface area is 136 Å². The zero-order valence-electron chi connectivity index (χ0n) is 10.5. The summed E-state index contributed by atoms with van der Waals surface area (Å²) in [7, 11) is 0. The van der Waals surface area contributed by atoms with Crippen LogP contribution in [0.1, 0.15) is 27.6 Å². The zero-order chi connectivity index (χ0) is 14.2. The van der Waals surface area contributed by atoms with Gasteiger partial charge in [0.15, 0.2) is 0 Å². The van der Waals surface area contributed by atoms with Gasteiger partial charge in [-0.15, -0.1) is 11.6 Å². The van der Waals surface area contributed by atoms with Crippen LogP contribution in [0, 0.1) is 13.8 Å².